The van der Waals surface area contributed by atoms with Crippen molar-refractivity contribution in [2.45, 2.75) is 25.9 Å². The quantitative estimate of drug-likeness (QED) is 0.860. The molecule has 1 heterocycles. The molecule has 28 heavy (non-hydrogen) atoms. The molecule has 1 aliphatic heterocycles. The van der Waals surface area contributed by atoms with Crippen molar-refractivity contribution in [2.75, 3.05) is 30.9 Å². The van der Waals surface area contributed by atoms with E-state index in [1.54, 1.807) is 29.0 Å². The Hall–Kier alpha value is -2.93. The zero-order valence-corrected chi connectivity index (χ0v) is 16.2. The molecule has 0 bridgehead atoms. The molecule has 0 radical (unpaired) electrons. The minimum Gasteiger partial charge on any atom is -0.496 e. The molecule has 2 aromatic rings. The number of carbonyl (C=O) groups is 2. The number of carbonyl (C=O) groups excluding carboxylic acids is 2. The fourth-order valence-electron chi connectivity index (χ4n) is 3.49. The number of halogens is 1. The lowest BCUT2D eigenvalue weighted by molar-refractivity contribution is -0.120. The van der Waals surface area contributed by atoms with Crippen LogP contribution in [-0.4, -0.2) is 43.5 Å². The van der Waals surface area contributed by atoms with Gasteiger partial charge in [0.1, 0.15) is 11.6 Å². The number of benzene rings is 2. The van der Waals surface area contributed by atoms with Crippen LogP contribution in [0.2, 0.25) is 0 Å². The summed E-state index contributed by atoms with van der Waals surface area (Å²) in [6, 6.07) is 11.3. The van der Waals surface area contributed by atoms with E-state index in [2.05, 4.69) is 5.32 Å². The molecule has 3 rings (SSSR count). The molecule has 1 aliphatic rings. The number of methoxy groups -OCH3 is 1. The highest BCUT2D eigenvalue weighted by atomic mass is 19.1. The lowest BCUT2D eigenvalue weighted by Gasteiger charge is -2.30. The first-order valence-corrected chi connectivity index (χ1v) is 9.11. The SMILES string of the molecule is COc1ccc(F)cc1CN(C)CC(=O)N1c2ccccc2NC(=O)CC1C. The third-order valence-electron chi connectivity index (χ3n) is 4.72. The van der Waals surface area contributed by atoms with E-state index >= 15 is 0 Å². The predicted octanol–water partition coefficient (Wildman–Crippen LogP) is 3.03. The van der Waals surface area contributed by atoms with Gasteiger partial charge in [-0.15, -0.1) is 0 Å². The first-order valence-electron chi connectivity index (χ1n) is 9.11. The molecule has 0 saturated heterocycles. The minimum absolute atomic E-state index is 0.117. The largest absolute Gasteiger partial charge is 0.496 e. The van der Waals surface area contributed by atoms with Crippen LogP contribution < -0.4 is 15.0 Å². The van der Waals surface area contributed by atoms with Crippen molar-refractivity contribution in [2.24, 2.45) is 0 Å². The smallest absolute Gasteiger partial charge is 0.241 e. The van der Waals surface area contributed by atoms with E-state index in [9.17, 15) is 14.0 Å². The minimum atomic E-state index is -0.352. The number of anilines is 2. The summed E-state index contributed by atoms with van der Waals surface area (Å²) < 4.78 is 18.9. The Labute approximate surface area is 163 Å². The maximum atomic E-state index is 13.6. The molecule has 6 nitrogen and oxygen atoms in total. The zero-order chi connectivity index (χ0) is 20.3. The summed E-state index contributed by atoms with van der Waals surface area (Å²) in [5.41, 5.74) is 1.97. The summed E-state index contributed by atoms with van der Waals surface area (Å²) in [5, 5.41) is 2.85. The molecule has 0 aromatic heterocycles. The molecule has 0 saturated carbocycles. The maximum Gasteiger partial charge on any atom is 0.241 e. The average Bonchev–Trinajstić information content (AvgIpc) is 2.75. The molecule has 0 fully saturated rings. The molecule has 2 amide bonds. The van der Waals surface area contributed by atoms with Crippen LogP contribution in [0.25, 0.3) is 0 Å². The Balaban J connectivity index is 1.78. The fraction of sp³-hybridized carbons (Fsp3) is 0.333. The van der Waals surface area contributed by atoms with Crippen LogP contribution in [0.1, 0.15) is 18.9 Å². The molecule has 1 atom stereocenters. The van der Waals surface area contributed by atoms with Gasteiger partial charge in [0.2, 0.25) is 11.8 Å². The number of fused-ring (bicyclic) bond motifs is 1. The lowest BCUT2D eigenvalue weighted by Crippen LogP contribution is -2.44. The summed E-state index contributed by atoms with van der Waals surface area (Å²) in [6.07, 6.45) is 0.224. The van der Waals surface area contributed by atoms with E-state index < -0.39 is 0 Å². The molecule has 2 aromatic carbocycles. The molecule has 1 unspecified atom stereocenters. The number of nitrogens with one attached hydrogen (secondary N) is 1. The predicted molar refractivity (Wildman–Crippen MR) is 106 cm³/mol. The number of nitrogens with zero attached hydrogens (tertiary/aromatic N) is 2. The molecular formula is C21H24FN3O3. The standard InChI is InChI=1S/C21H24FN3O3/c1-14-10-20(26)23-17-6-4-5-7-18(17)25(14)21(27)13-24(2)12-15-11-16(22)8-9-19(15)28-3/h4-9,11,14H,10,12-13H2,1-3H3,(H,23,26). The van der Waals surface area contributed by atoms with Crippen LogP contribution in [0.4, 0.5) is 15.8 Å². The average molecular weight is 385 g/mol. The summed E-state index contributed by atoms with van der Waals surface area (Å²) in [6.45, 7) is 2.33. The van der Waals surface area contributed by atoms with Crippen molar-refractivity contribution < 1.29 is 18.7 Å². The number of hydrogen-bond donors (Lipinski definition) is 1. The highest BCUT2D eigenvalue weighted by molar-refractivity contribution is 6.04. The van der Waals surface area contributed by atoms with Gasteiger partial charge in [0.15, 0.2) is 0 Å². The first kappa shape index (κ1) is 19.8. The third-order valence-corrected chi connectivity index (χ3v) is 4.72. The van der Waals surface area contributed by atoms with Crippen LogP contribution in [0, 0.1) is 5.82 Å². The van der Waals surface area contributed by atoms with E-state index in [-0.39, 0.29) is 36.6 Å². The first-order chi connectivity index (χ1) is 13.4. The fourth-order valence-corrected chi connectivity index (χ4v) is 3.49. The van der Waals surface area contributed by atoms with E-state index in [4.69, 9.17) is 4.74 Å². The van der Waals surface area contributed by atoms with Crippen molar-refractivity contribution in [3.63, 3.8) is 0 Å². The normalized spacial score (nSPS) is 16.4. The van der Waals surface area contributed by atoms with Crippen LogP contribution in [0.5, 0.6) is 5.75 Å². The van der Waals surface area contributed by atoms with E-state index in [1.807, 2.05) is 25.1 Å². The lowest BCUT2D eigenvalue weighted by atomic mass is 10.1. The van der Waals surface area contributed by atoms with Gasteiger partial charge in [-0.1, -0.05) is 12.1 Å². The second-order valence-electron chi connectivity index (χ2n) is 7.01. The maximum absolute atomic E-state index is 13.6. The Morgan fingerprint density at radius 2 is 2.07 bits per heavy atom. The van der Waals surface area contributed by atoms with Gasteiger partial charge in [-0.3, -0.25) is 14.5 Å². The van der Waals surface area contributed by atoms with Crippen molar-refractivity contribution in [3.05, 3.63) is 53.8 Å². The molecule has 1 N–H and O–H groups in total. The van der Waals surface area contributed by atoms with Gasteiger partial charge in [0, 0.05) is 24.6 Å². The van der Waals surface area contributed by atoms with E-state index in [0.717, 1.165) is 0 Å². The topological polar surface area (TPSA) is 61.9 Å². The van der Waals surface area contributed by atoms with E-state index in [1.165, 1.54) is 19.2 Å². The summed E-state index contributed by atoms with van der Waals surface area (Å²) in [7, 11) is 3.32. The highest BCUT2D eigenvalue weighted by Gasteiger charge is 2.30. The number of rotatable bonds is 5. The molecule has 7 heteroatoms. The van der Waals surface area contributed by atoms with Crippen LogP contribution in [0.3, 0.4) is 0 Å². The van der Waals surface area contributed by atoms with Gasteiger partial charge in [-0.05, 0) is 44.3 Å². The van der Waals surface area contributed by atoms with Crippen molar-refractivity contribution in [3.8, 4) is 5.75 Å². The number of ether oxygens (including phenoxy) is 1. The Kier molecular flexibility index (Phi) is 5.94. The van der Waals surface area contributed by atoms with Crippen LogP contribution in [0.15, 0.2) is 42.5 Å². The van der Waals surface area contributed by atoms with Crippen LogP contribution in [-0.2, 0) is 16.1 Å². The van der Waals surface area contributed by atoms with Crippen molar-refractivity contribution >= 4 is 23.2 Å². The van der Waals surface area contributed by atoms with Crippen molar-refractivity contribution in [1.82, 2.24) is 4.90 Å². The Bertz CT molecular complexity index is 887. The second-order valence-corrected chi connectivity index (χ2v) is 7.01. The summed E-state index contributed by atoms with van der Waals surface area (Å²) in [4.78, 5) is 28.6. The van der Waals surface area contributed by atoms with E-state index in [0.29, 0.717) is 29.2 Å². The van der Waals surface area contributed by atoms with Crippen molar-refractivity contribution in [1.29, 1.82) is 0 Å². The van der Waals surface area contributed by atoms with Crippen LogP contribution >= 0.6 is 0 Å². The number of amides is 2. The third kappa shape index (κ3) is 4.31. The number of likely N-dealkylation sites (N-methyl/N-ethyl adjacent to an activating group) is 1. The second kappa shape index (κ2) is 8.39. The Morgan fingerprint density at radius 3 is 2.82 bits per heavy atom. The summed E-state index contributed by atoms with van der Waals surface area (Å²) in [5.74, 6) is -0.0263. The van der Waals surface area contributed by atoms with Gasteiger partial charge in [0.05, 0.1) is 25.0 Å². The number of para-hydroxylation sites is 2. The molecular weight excluding hydrogens is 361 g/mol. The van der Waals surface area contributed by atoms with Gasteiger partial charge < -0.3 is 15.0 Å². The highest BCUT2D eigenvalue weighted by Crippen LogP contribution is 2.31. The monoisotopic (exact) mass is 385 g/mol. The van der Waals surface area contributed by atoms with Gasteiger partial charge in [-0.2, -0.15) is 0 Å². The summed E-state index contributed by atoms with van der Waals surface area (Å²) >= 11 is 0. The van der Waals surface area contributed by atoms with Gasteiger partial charge in [-0.25, -0.2) is 4.39 Å². The van der Waals surface area contributed by atoms with Gasteiger partial charge in [0.25, 0.3) is 0 Å². The number of hydrogen-bond acceptors (Lipinski definition) is 4. The molecule has 148 valence electrons. The molecule has 0 aliphatic carbocycles. The Morgan fingerprint density at radius 1 is 1.32 bits per heavy atom. The molecule has 0 spiro atoms. The zero-order valence-electron chi connectivity index (χ0n) is 16.2. The van der Waals surface area contributed by atoms with Gasteiger partial charge >= 0.3 is 0 Å².